The van der Waals surface area contributed by atoms with Crippen LogP contribution in [0.4, 0.5) is 0 Å². The summed E-state index contributed by atoms with van der Waals surface area (Å²) in [5.41, 5.74) is 2.32. The number of nitrogens with zero attached hydrogens (tertiary/aromatic N) is 1. The number of H-pyrrole nitrogens is 1. The molecule has 110 valence electrons. The summed E-state index contributed by atoms with van der Waals surface area (Å²) >= 11 is 0. The number of rotatable bonds is 4. The van der Waals surface area contributed by atoms with Gasteiger partial charge in [0.05, 0.1) is 18.2 Å². The number of imidazole rings is 1. The van der Waals surface area contributed by atoms with Crippen molar-refractivity contribution in [2.75, 3.05) is 7.11 Å². The van der Waals surface area contributed by atoms with Gasteiger partial charge in [-0.2, -0.15) is 0 Å². The molecule has 5 heteroatoms. The number of hydrogen-bond acceptors (Lipinski definition) is 3. The Hall–Kier alpha value is -3.08. The van der Waals surface area contributed by atoms with E-state index in [1.807, 2.05) is 30.3 Å². The molecule has 3 aromatic rings. The highest BCUT2D eigenvalue weighted by Crippen LogP contribution is 2.19. The summed E-state index contributed by atoms with van der Waals surface area (Å²) < 4.78 is 5.17. The standard InChI is InChI=1S/C17H14N2O3/c1-22-12-5-2-4-11(10-12)8-9-15-18-14-7-3-6-13(17(20)21)16(14)19-15/h2-10H,1H3,(H,18,19)(H,20,21). The third kappa shape index (κ3) is 2.69. The van der Waals surface area contributed by atoms with Crippen molar-refractivity contribution < 1.29 is 14.6 Å². The second-order valence-corrected chi connectivity index (χ2v) is 4.74. The number of carboxylic acids is 1. The summed E-state index contributed by atoms with van der Waals surface area (Å²) in [5, 5.41) is 9.17. The normalized spacial score (nSPS) is 11.1. The van der Waals surface area contributed by atoms with Crippen molar-refractivity contribution >= 4 is 29.2 Å². The molecule has 0 saturated heterocycles. The Bertz CT molecular complexity index is 865. The number of carboxylic acid groups (broad SMARTS) is 1. The van der Waals surface area contributed by atoms with E-state index >= 15 is 0 Å². The first kappa shape index (κ1) is 13.9. The van der Waals surface area contributed by atoms with Crippen molar-refractivity contribution in [2.24, 2.45) is 0 Å². The number of para-hydroxylation sites is 1. The van der Waals surface area contributed by atoms with Crippen LogP contribution in [-0.4, -0.2) is 28.2 Å². The minimum Gasteiger partial charge on any atom is -0.497 e. The molecule has 3 rings (SSSR count). The fourth-order valence-electron chi connectivity index (χ4n) is 2.22. The largest absolute Gasteiger partial charge is 0.497 e. The van der Waals surface area contributed by atoms with Gasteiger partial charge in [0.1, 0.15) is 17.1 Å². The predicted molar refractivity (Wildman–Crippen MR) is 85.0 cm³/mol. The van der Waals surface area contributed by atoms with E-state index in [4.69, 9.17) is 4.74 Å². The van der Waals surface area contributed by atoms with Crippen LogP contribution in [0.5, 0.6) is 5.75 Å². The monoisotopic (exact) mass is 294 g/mol. The van der Waals surface area contributed by atoms with E-state index in [0.29, 0.717) is 16.9 Å². The number of ether oxygens (including phenoxy) is 1. The van der Waals surface area contributed by atoms with Gasteiger partial charge in [-0.15, -0.1) is 0 Å². The Morgan fingerprint density at radius 2 is 2.05 bits per heavy atom. The van der Waals surface area contributed by atoms with Gasteiger partial charge in [-0.05, 0) is 35.9 Å². The quantitative estimate of drug-likeness (QED) is 0.773. The summed E-state index contributed by atoms with van der Waals surface area (Å²) in [6.45, 7) is 0. The van der Waals surface area contributed by atoms with E-state index in [1.165, 1.54) is 0 Å². The SMILES string of the molecule is COc1cccc(C=Cc2nc3c(C(=O)O)cccc3[nH]2)c1. The topological polar surface area (TPSA) is 75.2 Å². The molecule has 0 aliphatic rings. The van der Waals surface area contributed by atoms with Gasteiger partial charge in [0.25, 0.3) is 0 Å². The minimum absolute atomic E-state index is 0.190. The highest BCUT2D eigenvalue weighted by Gasteiger charge is 2.11. The number of carbonyl (C=O) groups is 1. The molecule has 22 heavy (non-hydrogen) atoms. The van der Waals surface area contributed by atoms with Gasteiger partial charge in [0.2, 0.25) is 0 Å². The van der Waals surface area contributed by atoms with Crippen molar-refractivity contribution in [3.63, 3.8) is 0 Å². The molecule has 0 saturated carbocycles. The first-order chi connectivity index (χ1) is 10.7. The second-order valence-electron chi connectivity index (χ2n) is 4.74. The first-order valence-electron chi connectivity index (χ1n) is 6.71. The van der Waals surface area contributed by atoms with Crippen molar-refractivity contribution in [3.05, 3.63) is 59.4 Å². The number of aromatic carboxylic acids is 1. The van der Waals surface area contributed by atoms with E-state index in [0.717, 1.165) is 11.3 Å². The average molecular weight is 294 g/mol. The molecular formula is C17H14N2O3. The van der Waals surface area contributed by atoms with Crippen LogP contribution in [-0.2, 0) is 0 Å². The zero-order valence-corrected chi connectivity index (χ0v) is 11.9. The molecule has 0 aliphatic carbocycles. The van der Waals surface area contributed by atoms with Crippen LogP contribution in [0.15, 0.2) is 42.5 Å². The maximum Gasteiger partial charge on any atom is 0.337 e. The third-order valence-corrected chi connectivity index (χ3v) is 3.29. The lowest BCUT2D eigenvalue weighted by Crippen LogP contribution is -1.96. The van der Waals surface area contributed by atoms with Gasteiger partial charge in [0, 0.05) is 0 Å². The van der Waals surface area contributed by atoms with Gasteiger partial charge in [-0.3, -0.25) is 0 Å². The number of benzene rings is 2. The fraction of sp³-hybridized carbons (Fsp3) is 0.0588. The molecule has 1 heterocycles. The van der Waals surface area contributed by atoms with Crippen LogP contribution in [0.1, 0.15) is 21.7 Å². The number of nitrogens with one attached hydrogen (secondary N) is 1. The smallest absolute Gasteiger partial charge is 0.337 e. The van der Waals surface area contributed by atoms with Crippen LogP contribution in [0.2, 0.25) is 0 Å². The maximum atomic E-state index is 11.2. The number of aromatic amines is 1. The number of fused-ring (bicyclic) bond motifs is 1. The summed E-state index contributed by atoms with van der Waals surface area (Å²) in [6.07, 6.45) is 3.70. The summed E-state index contributed by atoms with van der Waals surface area (Å²) in [6, 6.07) is 12.7. The third-order valence-electron chi connectivity index (χ3n) is 3.29. The molecule has 0 atom stereocenters. The Kier molecular flexibility index (Phi) is 3.62. The van der Waals surface area contributed by atoms with Gasteiger partial charge in [0.15, 0.2) is 0 Å². The van der Waals surface area contributed by atoms with Crippen molar-refractivity contribution in [3.8, 4) is 5.75 Å². The van der Waals surface area contributed by atoms with Crippen molar-refractivity contribution in [1.82, 2.24) is 9.97 Å². The second kappa shape index (κ2) is 5.73. The van der Waals surface area contributed by atoms with E-state index < -0.39 is 5.97 Å². The molecule has 1 aromatic heterocycles. The van der Waals surface area contributed by atoms with Crippen LogP contribution in [0.3, 0.4) is 0 Å². The highest BCUT2D eigenvalue weighted by molar-refractivity contribution is 6.01. The summed E-state index contributed by atoms with van der Waals surface area (Å²) in [4.78, 5) is 18.6. The van der Waals surface area contributed by atoms with Gasteiger partial charge >= 0.3 is 5.97 Å². The lowest BCUT2D eigenvalue weighted by Gasteiger charge is -1.99. The van der Waals surface area contributed by atoms with Crippen LogP contribution >= 0.6 is 0 Å². The number of aromatic nitrogens is 2. The zero-order chi connectivity index (χ0) is 15.5. The molecule has 0 radical (unpaired) electrons. The summed E-state index contributed by atoms with van der Waals surface area (Å²) in [5.74, 6) is 0.395. The Labute approximate surface area is 126 Å². The van der Waals surface area contributed by atoms with Crippen LogP contribution in [0, 0.1) is 0 Å². The van der Waals surface area contributed by atoms with Gasteiger partial charge < -0.3 is 14.8 Å². The minimum atomic E-state index is -0.986. The van der Waals surface area contributed by atoms with Gasteiger partial charge in [-0.1, -0.05) is 24.3 Å². The molecule has 0 amide bonds. The van der Waals surface area contributed by atoms with Crippen LogP contribution < -0.4 is 4.74 Å². The number of methoxy groups -OCH3 is 1. The molecular weight excluding hydrogens is 280 g/mol. The Morgan fingerprint density at radius 1 is 1.23 bits per heavy atom. The molecule has 0 unspecified atom stereocenters. The van der Waals surface area contributed by atoms with Gasteiger partial charge in [-0.25, -0.2) is 9.78 Å². The maximum absolute atomic E-state index is 11.2. The highest BCUT2D eigenvalue weighted by atomic mass is 16.5. The number of hydrogen-bond donors (Lipinski definition) is 2. The van der Waals surface area contributed by atoms with E-state index in [-0.39, 0.29) is 5.56 Å². The molecule has 0 bridgehead atoms. The molecule has 2 N–H and O–H groups in total. The lowest BCUT2D eigenvalue weighted by atomic mass is 10.2. The molecule has 0 spiro atoms. The molecule has 2 aromatic carbocycles. The van der Waals surface area contributed by atoms with E-state index in [1.54, 1.807) is 31.4 Å². The summed E-state index contributed by atoms with van der Waals surface area (Å²) in [7, 11) is 1.62. The molecule has 0 fully saturated rings. The Morgan fingerprint density at radius 3 is 2.82 bits per heavy atom. The Balaban J connectivity index is 1.95. The van der Waals surface area contributed by atoms with Crippen LogP contribution in [0.25, 0.3) is 23.2 Å². The molecule has 5 nitrogen and oxygen atoms in total. The lowest BCUT2D eigenvalue weighted by molar-refractivity contribution is 0.0699. The van der Waals surface area contributed by atoms with E-state index in [9.17, 15) is 9.90 Å². The fourth-order valence-corrected chi connectivity index (χ4v) is 2.22. The molecule has 0 aliphatic heterocycles. The predicted octanol–water partition coefficient (Wildman–Crippen LogP) is 3.44. The van der Waals surface area contributed by atoms with Crippen molar-refractivity contribution in [1.29, 1.82) is 0 Å². The first-order valence-corrected chi connectivity index (χ1v) is 6.71. The average Bonchev–Trinajstić information content (AvgIpc) is 2.95. The van der Waals surface area contributed by atoms with Crippen molar-refractivity contribution in [2.45, 2.75) is 0 Å². The van der Waals surface area contributed by atoms with E-state index in [2.05, 4.69) is 9.97 Å². The zero-order valence-electron chi connectivity index (χ0n) is 11.9.